The molecule has 2 heterocycles. The topological polar surface area (TPSA) is 80.2 Å². The van der Waals surface area contributed by atoms with Gasteiger partial charge in [-0.05, 0) is 48.2 Å². The molecule has 9 heteroatoms. The molecule has 2 aromatic rings. The highest BCUT2D eigenvalue weighted by Crippen LogP contribution is 2.46. The van der Waals surface area contributed by atoms with Crippen molar-refractivity contribution in [3.63, 3.8) is 0 Å². The molecule has 0 saturated heterocycles. The van der Waals surface area contributed by atoms with Gasteiger partial charge in [-0.25, -0.2) is 9.79 Å². The molecular formula is C24H22ClN3O4S. The van der Waals surface area contributed by atoms with Crippen molar-refractivity contribution in [1.29, 1.82) is 0 Å². The van der Waals surface area contributed by atoms with Gasteiger partial charge >= 0.3 is 5.97 Å². The Bertz CT molecular complexity index is 1190. The number of anilines is 1. The molecule has 0 fully saturated rings. The number of rotatable bonds is 6. The van der Waals surface area contributed by atoms with Gasteiger partial charge in [0.15, 0.2) is 5.17 Å². The summed E-state index contributed by atoms with van der Waals surface area (Å²) in [5, 5.41) is 5.96. The lowest BCUT2D eigenvalue weighted by molar-refractivity contribution is -0.136. The maximum absolute atomic E-state index is 12.9. The first-order valence-corrected chi connectivity index (χ1v) is 11.4. The summed E-state index contributed by atoms with van der Waals surface area (Å²) in [5.74, 6) is 0.0216. The van der Waals surface area contributed by atoms with Gasteiger partial charge in [0.2, 0.25) is 5.91 Å². The van der Waals surface area contributed by atoms with E-state index in [1.165, 1.54) is 18.9 Å². The minimum Gasteiger partial charge on any atom is -0.497 e. The van der Waals surface area contributed by atoms with E-state index in [4.69, 9.17) is 21.1 Å². The van der Waals surface area contributed by atoms with E-state index in [0.29, 0.717) is 38.6 Å². The van der Waals surface area contributed by atoms with Crippen molar-refractivity contribution in [2.24, 2.45) is 4.99 Å². The molecule has 0 spiro atoms. The smallest absolute Gasteiger partial charge is 0.338 e. The molecule has 7 nitrogen and oxygen atoms in total. The molecule has 0 bridgehead atoms. The van der Waals surface area contributed by atoms with Crippen LogP contribution < -0.4 is 10.1 Å². The number of amides is 1. The van der Waals surface area contributed by atoms with Crippen molar-refractivity contribution >= 4 is 46.1 Å². The molecule has 0 saturated carbocycles. The molecule has 1 N–H and O–H groups in total. The molecular weight excluding hydrogens is 462 g/mol. The van der Waals surface area contributed by atoms with Crippen molar-refractivity contribution in [3.8, 4) is 5.75 Å². The zero-order chi connectivity index (χ0) is 23.5. The summed E-state index contributed by atoms with van der Waals surface area (Å²) in [6, 6.07) is 13.9. The highest BCUT2D eigenvalue weighted by Gasteiger charge is 2.41. The minimum atomic E-state index is -0.561. The summed E-state index contributed by atoms with van der Waals surface area (Å²) in [6.45, 7) is 1.77. The molecule has 1 unspecified atom stereocenters. The predicted octanol–water partition coefficient (Wildman–Crippen LogP) is 5.13. The number of thioether (sulfide) groups is 1. The Kier molecular flexibility index (Phi) is 6.76. The normalized spacial score (nSPS) is 17.2. The summed E-state index contributed by atoms with van der Waals surface area (Å²) >= 11 is 7.94. The van der Waals surface area contributed by atoms with Crippen LogP contribution >= 0.6 is 23.4 Å². The highest BCUT2D eigenvalue weighted by atomic mass is 35.5. The van der Waals surface area contributed by atoms with Gasteiger partial charge < -0.3 is 19.7 Å². The molecule has 2 aliphatic heterocycles. The first-order chi connectivity index (χ1) is 15.9. The number of aliphatic imine (C=N–C) groups is 1. The largest absolute Gasteiger partial charge is 0.497 e. The third kappa shape index (κ3) is 4.62. The van der Waals surface area contributed by atoms with Gasteiger partial charge in [-0.2, -0.15) is 0 Å². The first kappa shape index (κ1) is 22.9. The second kappa shape index (κ2) is 9.72. The number of hydrogen-bond acceptors (Lipinski definition) is 7. The van der Waals surface area contributed by atoms with Crippen LogP contribution in [0.5, 0.6) is 5.75 Å². The maximum Gasteiger partial charge on any atom is 0.338 e. The van der Waals surface area contributed by atoms with Crippen molar-refractivity contribution in [3.05, 3.63) is 81.5 Å². The summed E-state index contributed by atoms with van der Waals surface area (Å²) in [7, 11) is 2.92. The minimum absolute atomic E-state index is 0.0898. The summed E-state index contributed by atoms with van der Waals surface area (Å²) in [5.41, 5.74) is 3.05. The van der Waals surface area contributed by atoms with Gasteiger partial charge in [0.25, 0.3) is 0 Å². The number of ether oxygens (including phenoxy) is 2. The van der Waals surface area contributed by atoms with Gasteiger partial charge in [0, 0.05) is 16.4 Å². The molecule has 0 aromatic heterocycles. The molecule has 0 aliphatic carbocycles. The van der Waals surface area contributed by atoms with Crippen LogP contribution in [-0.2, 0) is 14.3 Å². The van der Waals surface area contributed by atoms with Gasteiger partial charge in [-0.1, -0.05) is 41.6 Å². The third-order valence-corrected chi connectivity index (χ3v) is 6.55. The number of benzene rings is 2. The number of hydrogen-bond donors (Lipinski definition) is 1. The van der Waals surface area contributed by atoms with Crippen LogP contribution in [0.15, 0.2) is 75.9 Å². The number of fused-ring (bicyclic) bond motifs is 1. The Balaban J connectivity index is 1.64. The van der Waals surface area contributed by atoms with E-state index in [1.807, 2.05) is 28.5 Å². The first-order valence-electron chi connectivity index (χ1n) is 10.1. The maximum atomic E-state index is 12.9. The second-order valence-corrected chi connectivity index (χ2v) is 8.60. The molecule has 1 atom stereocenters. The summed E-state index contributed by atoms with van der Waals surface area (Å²) in [4.78, 5) is 32.1. The van der Waals surface area contributed by atoms with Crippen LogP contribution in [0.2, 0.25) is 5.02 Å². The number of nitrogens with zero attached hydrogens (tertiary/aromatic N) is 2. The Labute approximate surface area is 201 Å². The van der Waals surface area contributed by atoms with E-state index < -0.39 is 12.0 Å². The predicted molar refractivity (Wildman–Crippen MR) is 130 cm³/mol. The summed E-state index contributed by atoms with van der Waals surface area (Å²) < 4.78 is 10.2. The number of methoxy groups -OCH3 is 2. The Morgan fingerprint density at radius 2 is 1.88 bits per heavy atom. The average Bonchev–Trinajstić information content (AvgIpc) is 3.20. The van der Waals surface area contributed by atoms with Crippen molar-refractivity contribution in [1.82, 2.24) is 4.90 Å². The fourth-order valence-electron chi connectivity index (χ4n) is 3.78. The number of allylic oxidation sites excluding steroid dienone is 1. The van der Waals surface area contributed by atoms with Gasteiger partial charge in [-0.3, -0.25) is 4.79 Å². The zero-order valence-electron chi connectivity index (χ0n) is 18.3. The van der Waals surface area contributed by atoms with Crippen molar-refractivity contribution < 1.29 is 19.1 Å². The van der Waals surface area contributed by atoms with Crippen LogP contribution in [0.1, 0.15) is 24.9 Å². The number of amidine groups is 1. The van der Waals surface area contributed by atoms with Crippen LogP contribution in [0.4, 0.5) is 5.69 Å². The average molecular weight is 484 g/mol. The van der Waals surface area contributed by atoms with E-state index in [2.05, 4.69) is 10.3 Å². The lowest BCUT2D eigenvalue weighted by atomic mass is 9.94. The monoisotopic (exact) mass is 483 g/mol. The molecule has 2 aromatic carbocycles. The van der Waals surface area contributed by atoms with Crippen molar-refractivity contribution in [2.45, 2.75) is 19.4 Å². The van der Waals surface area contributed by atoms with Crippen LogP contribution in [-0.4, -0.2) is 36.2 Å². The van der Waals surface area contributed by atoms with Crippen molar-refractivity contribution in [2.75, 3.05) is 19.5 Å². The van der Waals surface area contributed by atoms with Gasteiger partial charge in [-0.15, -0.1) is 0 Å². The Hall–Kier alpha value is -3.23. The zero-order valence-corrected chi connectivity index (χ0v) is 19.9. The standard InChI is InChI=1S/C24H22ClN3O4S/c1-14-21(23(30)32-3)22(18-6-4-5-7-19(18)25)28-16(13-33-24(28)26-14)12-20(29)27-15-8-10-17(31-2)11-9-15/h4-11,13,22H,12H2,1-3H3,(H,27,29). The van der Waals surface area contributed by atoms with Gasteiger partial charge in [0.05, 0.1) is 38.0 Å². The molecule has 0 radical (unpaired) electrons. The second-order valence-electron chi connectivity index (χ2n) is 7.36. The molecule has 170 valence electrons. The number of nitrogens with one attached hydrogen (secondary N) is 1. The summed E-state index contributed by atoms with van der Waals surface area (Å²) in [6.07, 6.45) is 0.0898. The van der Waals surface area contributed by atoms with E-state index in [-0.39, 0.29) is 12.3 Å². The quantitative estimate of drug-likeness (QED) is 0.574. The number of esters is 1. The van der Waals surface area contributed by atoms with Gasteiger partial charge in [0.1, 0.15) is 5.75 Å². The molecule has 2 aliphatic rings. The fraction of sp³-hybridized carbons (Fsp3) is 0.208. The fourth-order valence-corrected chi connectivity index (χ4v) is 4.98. The Morgan fingerprint density at radius 1 is 1.15 bits per heavy atom. The number of carbonyl (C=O) groups excluding carboxylic acids is 2. The molecule has 4 rings (SSSR count). The Morgan fingerprint density at radius 3 is 2.55 bits per heavy atom. The SMILES string of the molecule is COC(=O)C1=C(C)N=C2SC=C(CC(=O)Nc3ccc(OC)cc3)N2C1c1ccccc1Cl. The third-order valence-electron chi connectivity index (χ3n) is 5.32. The van der Waals surface area contributed by atoms with Crippen LogP contribution in [0.3, 0.4) is 0 Å². The van der Waals surface area contributed by atoms with E-state index >= 15 is 0 Å². The lowest BCUT2D eigenvalue weighted by Gasteiger charge is -2.36. The number of halogens is 1. The van der Waals surface area contributed by atoms with E-state index in [1.54, 1.807) is 44.4 Å². The number of carbonyl (C=O) groups is 2. The molecule has 1 amide bonds. The van der Waals surface area contributed by atoms with E-state index in [9.17, 15) is 9.59 Å². The lowest BCUT2D eigenvalue weighted by Crippen LogP contribution is -2.37. The highest BCUT2D eigenvalue weighted by molar-refractivity contribution is 8.16. The van der Waals surface area contributed by atoms with E-state index in [0.717, 1.165) is 5.56 Å². The van der Waals surface area contributed by atoms with Crippen LogP contribution in [0, 0.1) is 0 Å². The molecule has 33 heavy (non-hydrogen) atoms. The van der Waals surface area contributed by atoms with Crippen LogP contribution in [0.25, 0.3) is 0 Å².